The van der Waals surface area contributed by atoms with Gasteiger partial charge >= 0.3 is 0 Å². The van der Waals surface area contributed by atoms with Crippen molar-refractivity contribution >= 4 is 17.5 Å². The number of carbonyl (C=O) groups is 1. The number of rotatable bonds is 4. The predicted molar refractivity (Wildman–Crippen MR) is 71.8 cm³/mol. The molecule has 0 radical (unpaired) electrons. The highest BCUT2D eigenvalue weighted by molar-refractivity contribution is 8.00. The second-order valence-corrected chi connectivity index (χ2v) is 5.70. The average Bonchev–Trinajstić information content (AvgIpc) is 2.37. The van der Waals surface area contributed by atoms with Crippen LogP contribution in [0.3, 0.4) is 0 Å². The Balaban J connectivity index is 1.84. The van der Waals surface area contributed by atoms with Crippen LogP contribution < -0.4 is 0 Å². The van der Waals surface area contributed by atoms with Crippen LogP contribution in [-0.2, 0) is 4.74 Å². The maximum Gasteiger partial charge on any atom is 0.172 e. The molecule has 0 saturated carbocycles. The first kappa shape index (κ1) is 12.7. The lowest BCUT2D eigenvalue weighted by atomic mass is 10.1. The van der Waals surface area contributed by atoms with E-state index in [1.54, 1.807) is 11.8 Å². The van der Waals surface area contributed by atoms with E-state index in [1.807, 2.05) is 31.2 Å². The molecule has 0 unspecified atom stereocenters. The fourth-order valence-electron chi connectivity index (χ4n) is 1.94. The van der Waals surface area contributed by atoms with Gasteiger partial charge in [0.05, 0.1) is 5.75 Å². The summed E-state index contributed by atoms with van der Waals surface area (Å²) < 4.78 is 5.31. The van der Waals surface area contributed by atoms with Gasteiger partial charge in [0.2, 0.25) is 0 Å². The number of aryl methyl sites for hydroxylation is 1. The number of carbonyl (C=O) groups excluding carboxylic acids is 1. The van der Waals surface area contributed by atoms with Crippen molar-refractivity contribution in [3.05, 3.63) is 35.4 Å². The zero-order valence-corrected chi connectivity index (χ0v) is 11.0. The van der Waals surface area contributed by atoms with Gasteiger partial charge < -0.3 is 4.74 Å². The summed E-state index contributed by atoms with van der Waals surface area (Å²) in [6, 6.07) is 7.83. The third-order valence-corrected chi connectivity index (χ3v) is 4.33. The Morgan fingerprint density at radius 2 is 2.18 bits per heavy atom. The summed E-state index contributed by atoms with van der Waals surface area (Å²) >= 11 is 1.78. The number of thioether (sulfide) groups is 1. The lowest BCUT2D eigenvalue weighted by Crippen LogP contribution is -2.19. The molecule has 2 nitrogen and oxygen atoms in total. The minimum absolute atomic E-state index is 0.241. The molecule has 0 bridgehead atoms. The molecule has 1 aromatic carbocycles. The topological polar surface area (TPSA) is 26.3 Å². The molecule has 92 valence electrons. The molecular weight excluding hydrogens is 232 g/mol. The summed E-state index contributed by atoms with van der Waals surface area (Å²) in [6.45, 7) is 3.70. The summed E-state index contributed by atoms with van der Waals surface area (Å²) in [5, 5.41) is 0.595. The third kappa shape index (κ3) is 3.86. The molecule has 1 aromatic rings. The molecule has 1 saturated heterocycles. The van der Waals surface area contributed by atoms with Crippen molar-refractivity contribution in [3.8, 4) is 0 Å². The van der Waals surface area contributed by atoms with Gasteiger partial charge in [-0.1, -0.05) is 23.8 Å². The lowest BCUT2D eigenvalue weighted by molar-refractivity contribution is 0.0988. The minimum atomic E-state index is 0.241. The second-order valence-electron chi connectivity index (χ2n) is 4.42. The van der Waals surface area contributed by atoms with Crippen molar-refractivity contribution in [3.63, 3.8) is 0 Å². The molecule has 0 aromatic heterocycles. The van der Waals surface area contributed by atoms with Crippen LogP contribution in [0.4, 0.5) is 0 Å². The van der Waals surface area contributed by atoms with Gasteiger partial charge in [-0.2, -0.15) is 11.8 Å². The van der Waals surface area contributed by atoms with Crippen molar-refractivity contribution in [2.45, 2.75) is 25.0 Å². The first-order valence-electron chi connectivity index (χ1n) is 6.05. The Morgan fingerprint density at radius 3 is 2.88 bits per heavy atom. The Kier molecular flexibility index (Phi) is 4.63. The summed E-state index contributed by atoms with van der Waals surface area (Å²) in [7, 11) is 0. The molecule has 3 heteroatoms. The number of hydrogen-bond donors (Lipinski definition) is 0. The molecule has 2 rings (SSSR count). The molecule has 1 aliphatic heterocycles. The maximum atomic E-state index is 12.0. The van der Waals surface area contributed by atoms with Crippen molar-refractivity contribution in [2.75, 3.05) is 19.0 Å². The number of ether oxygens (including phenoxy) is 1. The molecule has 1 heterocycles. The molecule has 1 fully saturated rings. The van der Waals surface area contributed by atoms with E-state index in [1.165, 1.54) is 0 Å². The number of hydrogen-bond acceptors (Lipinski definition) is 3. The smallest absolute Gasteiger partial charge is 0.172 e. The van der Waals surface area contributed by atoms with Crippen LogP contribution in [0.15, 0.2) is 24.3 Å². The van der Waals surface area contributed by atoms with Crippen LogP contribution >= 0.6 is 11.8 Å². The van der Waals surface area contributed by atoms with Gasteiger partial charge in [-0.05, 0) is 25.8 Å². The molecule has 0 atom stereocenters. The van der Waals surface area contributed by atoms with E-state index in [9.17, 15) is 4.79 Å². The molecule has 0 spiro atoms. The second kappa shape index (κ2) is 6.22. The first-order valence-corrected chi connectivity index (χ1v) is 7.10. The van der Waals surface area contributed by atoms with E-state index in [0.717, 1.165) is 37.2 Å². The van der Waals surface area contributed by atoms with E-state index >= 15 is 0 Å². The van der Waals surface area contributed by atoms with E-state index in [0.29, 0.717) is 11.0 Å². The van der Waals surface area contributed by atoms with Gasteiger partial charge in [-0.25, -0.2) is 0 Å². The normalized spacial score (nSPS) is 17.0. The van der Waals surface area contributed by atoms with Gasteiger partial charge in [0.25, 0.3) is 0 Å². The molecule has 1 aliphatic rings. The average molecular weight is 250 g/mol. The van der Waals surface area contributed by atoms with Crippen LogP contribution in [0, 0.1) is 6.92 Å². The van der Waals surface area contributed by atoms with E-state index < -0.39 is 0 Å². The molecule has 0 amide bonds. The largest absolute Gasteiger partial charge is 0.381 e. The van der Waals surface area contributed by atoms with Crippen LogP contribution in [0.2, 0.25) is 0 Å². The zero-order chi connectivity index (χ0) is 12.1. The van der Waals surface area contributed by atoms with Crippen molar-refractivity contribution in [1.29, 1.82) is 0 Å². The summed E-state index contributed by atoms with van der Waals surface area (Å²) in [5.74, 6) is 0.832. The third-order valence-electron chi connectivity index (χ3n) is 2.96. The van der Waals surface area contributed by atoms with E-state index in [2.05, 4.69) is 0 Å². The Morgan fingerprint density at radius 1 is 1.41 bits per heavy atom. The van der Waals surface area contributed by atoms with Crippen LogP contribution in [0.1, 0.15) is 28.8 Å². The number of Topliss-reactive ketones (excluding diaryl/α,β-unsaturated/α-hetero) is 1. The van der Waals surface area contributed by atoms with Gasteiger partial charge in [0.15, 0.2) is 5.78 Å². The van der Waals surface area contributed by atoms with E-state index in [-0.39, 0.29) is 5.78 Å². The first-order chi connectivity index (χ1) is 8.25. The maximum absolute atomic E-state index is 12.0. The van der Waals surface area contributed by atoms with Gasteiger partial charge in [-0.15, -0.1) is 0 Å². The standard InChI is InChI=1S/C14H18O2S/c1-11-3-2-4-12(9-11)14(15)10-17-13-5-7-16-8-6-13/h2-4,9,13H,5-8,10H2,1H3. The minimum Gasteiger partial charge on any atom is -0.381 e. The van der Waals surface area contributed by atoms with Crippen molar-refractivity contribution in [1.82, 2.24) is 0 Å². The van der Waals surface area contributed by atoms with Gasteiger partial charge in [0.1, 0.15) is 0 Å². The Bertz CT molecular complexity index is 384. The highest BCUT2D eigenvalue weighted by Crippen LogP contribution is 2.22. The fraction of sp³-hybridized carbons (Fsp3) is 0.500. The van der Waals surface area contributed by atoms with Crippen LogP contribution in [0.5, 0.6) is 0 Å². The summed E-state index contributed by atoms with van der Waals surface area (Å²) in [6.07, 6.45) is 2.15. The molecule has 0 N–H and O–H groups in total. The van der Waals surface area contributed by atoms with Gasteiger partial charge in [-0.3, -0.25) is 4.79 Å². The van der Waals surface area contributed by atoms with Crippen LogP contribution in [-0.4, -0.2) is 30.0 Å². The lowest BCUT2D eigenvalue weighted by Gasteiger charge is -2.21. The van der Waals surface area contributed by atoms with Crippen molar-refractivity contribution < 1.29 is 9.53 Å². The Labute approximate surface area is 107 Å². The highest BCUT2D eigenvalue weighted by atomic mass is 32.2. The molecule has 0 aliphatic carbocycles. The Hall–Kier alpha value is -0.800. The molecular formula is C14H18O2S. The summed E-state index contributed by atoms with van der Waals surface area (Å²) in [5.41, 5.74) is 1.98. The van der Waals surface area contributed by atoms with E-state index in [4.69, 9.17) is 4.74 Å². The van der Waals surface area contributed by atoms with Gasteiger partial charge in [0, 0.05) is 24.0 Å². The fourth-order valence-corrected chi connectivity index (χ4v) is 3.02. The van der Waals surface area contributed by atoms with Crippen LogP contribution in [0.25, 0.3) is 0 Å². The van der Waals surface area contributed by atoms with Crippen molar-refractivity contribution in [2.24, 2.45) is 0 Å². The SMILES string of the molecule is Cc1cccc(C(=O)CSC2CCOCC2)c1. The molecule has 17 heavy (non-hydrogen) atoms. The monoisotopic (exact) mass is 250 g/mol. The highest BCUT2D eigenvalue weighted by Gasteiger charge is 2.16. The zero-order valence-electron chi connectivity index (χ0n) is 10.1. The number of ketones is 1. The summed E-state index contributed by atoms with van der Waals surface area (Å²) in [4.78, 5) is 12.0. The quantitative estimate of drug-likeness (QED) is 0.768. The number of benzene rings is 1. The predicted octanol–water partition coefficient (Wildman–Crippen LogP) is 3.09.